The molecule has 1 aromatic carbocycles. The van der Waals surface area contributed by atoms with Crippen molar-refractivity contribution < 1.29 is 0 Å². The minimum atomic E-state index is 0.641. The van der Waals surface area contributed by atoms with Crippen LogP contribution in [0.3, 0.4) is 0 Å². The van der Waals surface area contributed by atoms with Crippen LogP contribution in [0.15, 0.2) is 42.9 Å². The van der Waals surface area contributed by atoms with Crippen molar-refractivity contribution in [3.05, 3.63) is 70.4 Å². The van der Waals surface area contributed by atoms with E-state index < -0.39 is 0 Å². The molecular formula is C19H21ClN6. The molecule has 0 radical (unpaired) electrons. The van der Waals surface area contributed by atoms with Gasteiger partial charge in [0.25, 0.3) is 0 Å². The molecule has 0 saturated carbocycles. The van der Waals surface area contributed by atoms with Crippen LogP contribution in [0.4, 0.5) is 5.82 Å². The quantitative estimate of drug-likeness (QED) is 0.749. The molecule has 2 aromatic heterocycles. The number of hydrogen-bond donors (Lipinski definition) is 1. The fourth-order valence-corrected chi connectivity index (χ4v) is 3.54. The van der Waals surface area contributed by atoms with Gasteiger partial charge in [0.15, 0.2) is 0 Å². The van der Waals surface area contributed by atoms with Crippen molar-refractivity contribution >= 4 is 17.4 Å². The highest BCUT2D eigenvalue weighted by atomic mass is 35.5. The molecule has 1 aliphatic rings. The van der Waals surface area contributed by atoms with Gasteiger partial charge in [0.05, 0.1) is 30.7 Å². The molecule has 0 saturated heterocycles. The van der Waals surface area contributed by atoms with Crippen LogP contribution in [0.1, 0.15) is 22.5 Å². The van der Waals surface area contributed by atoms with Crippen LogP contribution in [-0.2, 0) is 26.2 Å². The van der Waals surface area contributed by atoms with Gasteiger partial charge in [0.1, 0.15) is 5.82 Å². The number of nitrogens with zero attached hydrogens (tertiary/aromatic N) is 5. The first-order chi connectivity index (χ1) is 12.7. The molecule has 4 rings (SSSR count). The highest BCUT2D eigenvalue weighted by molar-refractivity contribution is 6.31. The lowest BCUT2D eigenvalue weighted by molar-refractivity contribution is 0.205. The van der Waals surface area contributed by atoms with Crippen LogP contribution >= 0.6 is 11.6 Å². The third kappa shape index (κ3) is 3.71. The summed E-state index contributed by atoms with van der Waals surface area (Å²) in [5.74, 6) is 0.759. The molecule has 134 valence electrons. The molecule has 26 heavy (non-hydrogen) atoms. The number of fused-ring (bicyclic) bond motifs is 1. The van der Waals surface area contributed by atoms with Crippen molar-refractivity contribution in [3.63, 3.8) is 0 Å². The third-order valence-electron chi connectivity index (χ3n) is 4.68. The Hall–Kier alpha value is -2.44. The largest absolute Gasteiger partial charge is 0.363 e. The first kappa shape index (κ1) is 17.0. The summed E-state index contributed by atoms with van der Waals surface area (Å²) in [5.41, 5.74) is 4.70. The molecule has 1 N–H and O–H groups in total. The Labute approximate surface area is 157 Å². The normalized spacial score (nSPS) is 14.2. The highest BCUT2D eigenvalue weighted by Gasteiger charge is 2.19. The molecule has 0 aliphatic carbocycles. The fraction of sp³-hybridized carbons (Fsp3) is 0.316. The number of benzene rings is 1. The second-order valence-electron chi connectivity index (χ2n) is 6.54. The van der Waals surface area contributed by atoms with Crippen molar-refractivity contribution in [1.82, 2.24) is 24.6 Å². The fourth-order valence-electron chi connectivity index (χ4n) is 3.26. The van der Waals surface area contributed by atoms with E-state index in [0.717, 1.165) is 42.7 Å². The Morgan fingerprint density at radius 1 is 1.23 bits per heavy atom. The Kier molecular flexibility index (Phi) is 4.86. The van der Waals surface area contributed by atoms with Crippen LogP contribution < -0.4 is 5.32 Å². The second kappa shape index (κ2) is 7.43. The van der Waals surface area contributed by atoms with Gasteiger partial charge in [-0.15, -0.1) is 0 Å². The maximum Gasteiger partial charge on any atom is 0.144 e. The molecule has 3 aromatic rings. The van der Waals surface area contributed by atoms with E-state index in [1.807, 2.05) is 12.1 Å². The smallest absolute Gasteiger partial charge is 0.144 e. The van der Waals surface area contributed by atoms with Crippen molar-refractivity contribution in [2.24, 2.45) is 0 Å². The van der Waals surface area contributed by atoms with Crippen molar-refractivity contribution in [2.75, 3.05) is 11.9 Å². The lowest BCUT2D eigenvalue weighted by atomic mass is 10.1. The average Bonchev–Trinajstić information content (AvgIpc) is 3.06. The maximum atomic E-state index is 6.39. The molecule has 7 heteroatoms. The lowest BCUT2D eigenvalue weighted by Crippen LogP contribution is -2.33. The van der Waals surface area contributed by atoms with Gasteiger partial charge >= 0.3 is 0 Å². The van der Waals surface area contributed by atoms with Crippen molar-refractivity contribution in [1.29, 1.82) is 0 Å². The molecule has 0 bridgehead atoms. The minimum absolute atomic E-state index is 0.641. The zero-order valence-corrected chi connectivity index (χ0v) is 15.4. The van der Waals surface area contributed by atoms with Crippen molar-refractivity contribution in [2.45, 2.75) is 33.1 Å². The molecule has 1 aliphatic heterocycles. The van der Waals surface area contributed by atoms with E-state index in [2.05, 4.69) is 43.9 Å². The Balaban J connectivity index is 1.42. The van der Waals surface area contributed by atoms with Crippen LogP contribution in [0.2, 0.25) is 5.02 Å². The van der Waals surface area contributed by atoms with Crippen LogP contribution in [-0.4, -0.2) is 31.2 Å². The number of nitrogens with one attached hydrogen (secondary N) is 1. The Morgan fingerprint density at radius 2 is 2.15 bits per heavy atom. The molecule has 0 unspecified atom stereocenters. The number of halogens is 1. The summed E-state index contributed by atoms with van der Waals surface area (Å²) in [6, 6.07) is 8.25. The molecule has 3 heterocycles. The standard InChI is InChI=1S/C19H21ClN6/c1-14-3-2-4-18(20)17(14)13-25-7-8-26-16(12-25)9-15(24-26)10-23-19-11-21-5-6-22-19/h2-6,9,11H,7-8,10,12-13H2,1H3,(H,22,23). The molecular weight excluding hydrogens is 348 g/mol. The first-order valence-electron chi connectivity index (χ1n) is 8.71. The average molecular weight is 369 g/mol. The van der Waals surface area contributed by atoms with Gasteiger partial charge in [0.2, 0.25) is 0 Å². The summed E-state index contributed by atoms with van der Waals surface area (Å²) in [5, 5.41) is 8.80. The van der Waals surface area contributed by atoms with Gasteiger partial charge in [-0.1, -0.05) is 23.7 Å². The summed E-state index contributed by atoms with van der Waals surface area (Å²) in [7, 11) is 0. The maximum absolute atomic E-state index is 6.39. The Morgan fingerprint density at radius 3 is 2.96 bits per heavy atom. The number of aryl methyl sites for hydroxylation is 1. The van der Waals surface area contributed by atoms with Crippen LogP contribution in [0.25, 0.3) is 0 Å². The molecule has 0 amide bonds. The molecule has 6 nitrogen and oxygen atoms in total. The van der Waals surface area contributed by atoms with E-state index in [4.69, 9.17) is 16.7 Å². The van der Waals surface area contributed by atoms with Gasteiger partial charge in [-0.3, -0.25) is 14.6 Å². The zero-order valence-electron chi connectivity index (χ0n) is 14.7. The van der Waals surface area contributed by atoms with E-state index in [1.54, 1.807) is 18.6 Å². The predicted octanol–water partition coefficient (Wildman–Crippen LogP) is 3.26. The number of aromatic nitrogens is 4. The Bertz CT molecular complexity index is 872. The molecule has 0 atom stereocenters. The summed E-state index contributed by atoms with van der Waals surface area (Å²) in [6.07, 6.45) is 5.05. The third-order valence-corrected chi connectivity index (χ3v) is 5.03. The number of rotatable bonds is 5. The second-order valence-corrected chi connectivity index (χ2v) is 6.95. The van der Waals surface area contributed by atoms with Gasteiger partial charge in [-0.25, -0.2) is 4.98 Å². The van der Waals surface area contributed by atoms with Crippen LogP contribution in [0, 0.1) is 6.92 Å². The van der Waals surface area contributed by atoms with Crippen molar-refractivity contribution in [3.8, 4) is 0 Å². The summed E-state index contributed by atoms with van der Waals surface area (Å²) < 4.78 is 2.10. The van der Waals surface area contributed by atoms with Gasteiger partial charge in [0, 0.05) is 37.1 Å². The molecule has 0 fully saturated rings. The monoisotopic (exact) mass is 368 g/mol. The minimum Gasteiger partial charge on any atom is -0.363 e. The SMILES string of the molecule is Cc1cccc(Cl)c1CN1CCn2nc(CNc3cnccn3)cc2C1. The van der Waals surface area contributed by atoms with E-state index in [9.17, 15) is 0 Å². The summed E-state index contributed by atoms with van der Waals surface area (Å²) in [6.45, 7) is 6.36. The summed E-state index contributed by atoms with van der Waals surface area (Å²) in [4.78, 5) is 10.7. The van der Waals surface area contributed by atoms with E-state index in [1.165, 1.54) is 16.8 Å². The number of hydrogen-bond acceptors (Lipinski definition) is 5. The van der Waals surface area contributed by atoms with E-state index >= 15 is 0 Å². The van der Waals surface area contributed by atoms with E-state index in [-0.39, 0.29) is 0 Å². The topological polar surface area (TPSA) is 58.9 Å². The highest BCUT2D eigenvalue weighted by Crippen LogP contribution is 2.23. The van der Waals surface area contributed by atoms with E-state index in [0.29, 0.717) is 6.54 Å². The molecule has 0 spiro atoms. The summed E-state index contributed by atoms with van der Waals surface area (Å²) >= 11 is 6.39. The first-order valence-corrected chi connectivity index (χ1v) is 9.08. The predicted molar refractivity (Wildman–Crippen MR) is 102 cm³/mol. The number of anilines is 1. The van der Waals surface area contributed by atoms with Gasteiger partial charge < -0.3 is 5.32 Å². The van der Waals surface area contributed by atoms with Gasteiger partial charge in [-0.05, 0) is 30.2 Å². The van der Waals surface area contributed by atoms with Gasteiger partial charge in [-0.2, -0.15) is 5.10 Å². The lowest BCUT2D eigenvalue weighted by Gasteiger charge is -2.28. The zero-order chi connectivity index (χ0) is 17.9. The van der Waals surface area contributed by atoms with Crippen LogP contribution in [0.5, 0.6) is 0 Å².